The van der Waals surface area contributed by atoms with Crippen LogP contribution in [0, 0.1) is 5.92 Å². The molecule has 0 aromatic carbocycles. The summed E-state index contributed by atoms with van der Waals surface area (Å²) in [5.41, 5.74) is 5.65. The monoisotopic (exact) mass is 368 g/mol. The zero-order valence-corrected chi connectivity index (χ0v) is 13.5. The Morgan fingerprint density at radius 1 is 1.56 bits per heavy atom. The first-order chi connectivity index (χ1) is 8.42. The van der Waals surface area contributed by atoms with E-state index in [0.717, 1.165) is 19.3 Å². The van der Waals surface area contributed by atoms with E-state index in [0.29, 0.717) is 13.7 Å². The second kappa shape index (κ2) is 5.54. The molecule has 8 heteroatoms. The minimum absolute atomic E-state index is 0.0338. The number of nitrogens with two attached hydrogens (primary N) is 1. The Morgan fingerprint density at radius 3 is 2.83 bits per heavy atom. The van der Waals surface area contributed by atoms with E-state index in [9.17, 15) is 8.42 Å². The van der Waals surface area contributed by atoms with Crippen LogP contribution in [0.3, 0.4) is 0 Å². The zero-order chi connectivity index (χ0) is 13.3. The van der Waals surface area contributed by atoms with Crippen LogP contribution in [0.5, 0.6) is 0 Å². The molecule has 0 bridgehead atoms. The Kier molecular flexibility index (Phi) is 4.43. The number of hydrogen-bond acceptors (Lipinski definition) is 4. The Labute approximate surface area is 124 Å². The van der Waals surface area contributed by atoms with E-state index in [1.54, 1.807) is 11.4 Å². The molecule has 1 saturated carbocycles. The topological polar surface area (TPSA) is 72.2 Å². The highest BCUT2D eigenvalue weighted by Gasteiger charge is 2.33. The van der Waals surface area contributed by atoms with Crippen molar-refractivity contribution >= 4 is 54.5 Å². The lowest BCUT2D eigenvalue weighted by Crippen LogP contribution is -2.41. The third-order valence-corrected chi connectivity index (χ3v) is 7.48. The van der Waals surface area contributed by atoms with Gasteiger partial charge in [0.25, 0.3) is 10.0 Å². The van der Waals surface area contributed by atoms with Crippen LogP contribution in [0.2, 0.25) is 0 Å². The summed E-state index contributed by atoms with van der Waals surface area (Å²) in [6.45, 7) is 0. The number of hydrogen-bond donors (Lipinski definition) is 2. The predicted octanol–water partition coefficient (Wildman–Crippen LogP) is 2.24. The molecule has 4 nitrogen and oxygen atoms in total. The van der Waals surface area contributed by atoms with Gasteiger partial charge in [-0.25, -0.2) is 13.1 Å². The average molecular weight is 369 g/mol. The molecule has 0 spiro atoms. The summed E-state index contributed by atoms with van der Waals surface area (Å²) >= 11 is 9.41. The maximum atomic E-state index is 12.2. The van der Waals surface area contributed by atoms with E-state index in [2.05, 4.69) is 20.7 Å². The molecule has 100 valence electrons. The quantitative estimate of drug-likeness (QED) is 0.799. The van der Waals surface area contributed by atoms with E-state index in [-0.39, 0.29) is 12.0 Å². The molecule has 1 aromatic heterocycles. The van der Waals surface area contributed by atoms with Crippen LogP contribution in [0.25, 0.3) is 0 Å². The van der Waals surface area contributed by atoms with Crippen LogP contribution in [-0.4, -0.2) is 19.4 Å². The van der Waals surface area contributed by atoms with Crippen molar-refractivity contribution in [2.24, 2.45) is 11.7 Å². The molecule has 1 aromatic rings. The van der Waals surface area contributed by atoms with Crippen molar-refractivity contribution in [2.45, 2.75) is 29.5 Å². The number of halogens is 1. The van der Waals surface area contributed by atoms with Gasteiger partial charge in [0.05, 0.1) is 4.99 Å². The molecular weight excluding hydrogens is 356 g/mol. The normalized spacial score (nSPS) is 24.3. The summed E-state index contributed by atoms with van der Waals surface area (Å²) < 4.78 is 28.1. The number of nitrogens with one attached hydrogen (secondary N) is 1. The van der Waals surface area contributed by atoms with Crippen molar-refractivity contribution < 1.29 is 8.42 Å². The third kappa shape index (κ3) is 2.93. The maximum absolute atomic E-state index is 12.2. The summed E-state index contributed by atoms with van der Waals surface area (Å²) in [6, 6.07) is 1.54. The highest BCUT2D eigenvalue weighted by Crippen LogP contribution is 2.31. The van der Waals surface area contributed by atoms with Crippen LogP contribution in [0.1, 0.15) is 19.3 Å². The first-order valence-corrected chi connectivity index (χ1v) is 9.03. The average Bonchev–Trinajstić information content (AvgIpc) is 2.86. The lowest BCUT2D eigenvalue weighted by atomic mass is 10.1. The molecule has 0 amide bonds. The van der Waals surface area contributed by atoms with Gasteiger partial charge in [0.2, 0.25) is 0 Å². The highest BCUT2D eigenvalue weighted by atomic mass is 79.9. The van der Waals surface area contributed by atoms with Crippen molar-refractivity contribution in [2.75, 3.05) is 0 Å². The first kappa shape index (κ1) is 14.4. The van der Waals surface area contributed by atoms with Gasteiger partial charge >= 0.3 is 0 Å². The third-order valence-electron chi connectivity index (χ3n) is 3.02. The molecule has 0 aliphatic heterocycles. The summed E-state index contributed by atoms with van der Waals surface area (Å²) in [7, 11) is -3.49. The Balaban J connectivity index is 2.19. The lowest BCUT2D eigenvalue weighted by molar-refractivity contribution is 0.526. The Hall–Kier alpha value is -0.0200. The number of thiophene rings is 1. The van der Waals surface area contributed by atoms with Crippen LogP contribution in [-0.2, 0) is 10.0 Å². The summed E-state index contributed by atoms with van der Waals surface area (Å²) in [5.74, 6) is -0.0338. The van der Waals surface area contributed by atoms with Crippen molar-refractivity contribution in [3.8, 4) is 0 Å². The van der Waals surface area contributed by atoms with Crippen molar-refractivity contribution in [3.05, 3.63) is 15.9 Å². The van der Waals surface area contributed by atoms with Crippen molar-refractivity contribution in [3.63, 3.8) is 0 Å². The van der Waals surface area contributed by atoms with Gasteiger partial charge in [-0.2, -0.15) is 0 Å². The van der Waals surface area contributed by atoms with Crippen LogP contribution >= 0.6 is 39.5 Å². The number of sulfonamides is 1. The maximum Gasteiger partial charge on any atom is 0.251 e. The van der Waals surface area contributed by atoms with Gasteiger partial charge in [-0.1, -0.05) is 18.6 Å². The van der Waals surface area contributed by atoms with Crippen LogP contribution in [0.15, 0.2) is 20.1 Å². The molecule has 1 heterocycles. The molecule has 18 heavy (non-hydrogen) atoms. The van der Waals surface area contributed by atoms with E-state index in [1.165, 1.54) is 11.3 Å². The predicted molar refractivity (Wildman–Crippen MR) is 80.3 cm³/mol. The molecule has 3 N–H and O–H groups in total. The molecule has 2 atom stereocenters. The second-order valence-corrected chi connectivity index (χ2v) is 8.37. The summed E-state index contributed by atoms with van der Waals surface area (Å²) in [5, 5.41) is 1.73. The van der Waals surface area contributed by atoms with Gasteiger partial charge in [0.15, 0.2) is 0 Å². The zero-order valence-electron chi connectivity index (χ0n) is 9.43. The smallest absolute Gasteiger partial charge is 0.251 e. The van der Waals surface area contributed by atoms with Crippen LogP contribution < -0.4 is 10.5 Å². The molecule has 2 rings (SSSR count). The number of rotatable bonds is 4. The standard InChI is InChI=1S/C10H13BrN2O2S3/c11-7-4-5-17-10(7)18(14,15)13-8-3-1-2-6(8)9(12)16/h4-6,8,13H,1-3H2,(H2,12,16). The van der Waals surface area contributed by atoms with E-state index >= 15 is 0 Å². The fraction of sp³-hybridized carbons (Fsp3) is 0.500. The van der Waals surface area contributed by atoms with E-state index < -0.39 is 10.0 Å². The fourth-order valence-corrected chi connectivity index (χ4v) is 6.11. The van der Waals surface area contributed by atoms with Gasteiger partial charge < -0.3 is 5.73 Å². The molecule has 1 fully saturated rings. The van der Waals surface area contributed by atoms with E-state index in [4.69, 9.17) is 18.0 Å². The lowest BCUT2D eigenvalue weighted by Gasteiger charge is -2.19. The Morgan fingerprint density at radius 2 is 2.28 bits per heavy atom. The van der Waals surface area contributed by atoms with Gasteiger partial charge in [0.1, 0.15) is 4.21 Å². The van der Waals surface area contributed by atoms with Crippen molar-refractivity contribution in [1.29, 1.82) is 0 Å². The van der Waals surface area contributed by atoms with Crippen molar-refractivity contribution in [1.82, 2.24) is 4.72 Å². The molecule has 0 radical (unpaired) electrons. The van der Waals surface area contributed by atoms with E-state index in [1.807, 2.05) is 0 Å². The minimum Gasteiger partial charge on any atom is -0.393 e. The highest BCUT2D eigenvalue weighted by molar-refractivity contribution is 9.10. The minimum atomic E-state index is -3.49. The largest absolute Gasteiger partial charge is 0.393 e. The van der Waals surface area contributed by atoms with Crippen LogP contribution in [0.4, 0.5) is 0 Å². The fourth-order valence-electron chi connectivity index (χ4n) is 2.17. The molecule has 2 unspecified atom stereocenters. The SMILES string of the molecule is NC(=S)C1CCCC1NS(=O)(=O)c1sccc1Br. The molecule has 1 aliphatic rings. The van der Waals surface area contributed by atoms with Gasteiger partial charge in [0, 0.05) is 16.4 Å². The summed E-state index contributed by atoms with van der Waals surface area (Å²) in [6.07, 6.45) is 2.58. The molecule has 0 saturated heterocycles. The van der Waals surface area contributed by atoms with Gasteiger partial charge in [-0.3, -0.25) is 0 Å². The van der Waals surface area contributed by atoms with Gasteiger partial charge in [-0.05, 0) is 40.2 Å². The number of thiocarbonyl (C=S) groups is 1. The van der Waals surface area contributed by atoms with Gasteiger partial charge in [-0.15, -0.1) is 11.3 Å². The summed E-state index contributed by atoms with van der Waals surface area (Å²) in [4.78, 5) is 0.394. The second-order valence-electron chi connectivity index (χ2n) is 4.22. The molecular formula is C10H13BrN2O2S3. The Bertz CT molecular complexity index is 555. The first-order valence-electron chi connectivity index (χ1n) is 5.46. The molecule has 1 aliphatic carbocycles.